The molecule has 0 atom stereocenters. The molecule has 0 bridgehead atoms. The number of anilines is 3. The second-order valence-electron chi connectivity index (χ2n) is 7.71. The highest BCUT2D eigenvalue weighted by molar-refractivity contribution is 7.92. The minimum Gasteiger partial charge on any atom is -0.496 e. The van der Waals surface area contributed by atoms with E-state index in [1.165, 1.54) is 29.6 Å². The van der Waals surface area contributed by atoms with Gasteiger partial charge in [-0.1, -0.05) is 18.2 Å². The number of ether oxygens (including phenoxy) is 1. The van der Waals surface area contributed by atoms with Crippen LogP contribution in [0.15, 0.2) is 71.6 Å². The lowest BCUT2D eigenvalue weighted by molar-refractivity contribution is 0.102. The predicted molar refractivity (Wildman–Crippen MR) is 126 cm³/mol. The lowest BCUT2D eigenvalue weighted by atomic mass is 10.1. The van der Waals surface area contributed by atoms with Gasteiger partial charge in [0.05, 0.1) is 23.3 Å². The molecule has 1 aliphatic rings. The standard InChI is InChI=1S/C24H25N3O4S/c1-26(2)19-10-8-18(9-11-19)25-24(28)21-16-20(12-13-23(21)31-3)32(29,30)27-15-14-17-6-4-5-7-22(17)27/h4-13,16H,14-15H2,1-3H3,(H,25,28). The number of para-hydroxylation sites is 1. The van der Waals surface area contributed by atoms with Gasteiger partial charge in [0.25, 0.3) is 15.9 Å². The minimum absolute atomic E-state index is 0.0445. The summed E-state index contributed by atoms with van der Waals surface area (Å²) in [6.07, 6.45) is 0.655. The lowest BCUT2D eigenvalue weighted by Gasteiger charge is -2.20. The van der Waals surface area contributed by atoms with Gasteiger partial charge in [-0.05, 0) is 60.5 Å². The van der Waals surface area contributed by atoms with Crippen LogP contribution in [0.1, 0.15) is 15.9 Å². The number of benzene rings is 3. The smallest absolute Gasteiger partial charge is 0.264 e. The number of hydrogen-bond donors (Lipinski definition) is 1. The van der Waals surface area contributed by atoms with Gasteiger partial charge in [0.15, 0.2) is 0 Å². The molecule has 8 heteroatoms. The molecule has 1 amide bonds. The third-order valence-corrected chi connectivity index (χ3v) is 7.30. The van der Waals surface area contributed by atoms with Gasteiger partial charge in [0, 0.05) is 32.0 Å². The van der Waals surface area contributed by atoms with Crippen molar-refractivity contribution in [1.29, 1.82) is 0 Å². The zero-order valence-corrected chi connectivity index (χ0v) is 19.0. The van der Waals surface area contributed by atoms with E-state index in [2.05, 4.69) is 5.32 Å². The summed E-state index contributed by atoms with van der Waals surface area (Å²) < 4.78 is 33.5. The van der Waals surface area contributed by atoms with E-state index in [-0.39, 0.29) is 10.5 Å². The van der Waals surface area contributed by atoms with Crippen molar-refractivity contribution in [2.45, 2.75) is 11.3 Å². The molecule has 0 saturated heterocycles. The number of methoxy groups -OCH3 is 1. The number of rotatable bonds is 6. The molecule has 1 N–H and O–H groups in total. The molecule has 0 radical (unpaired) electrons. The van der Waals surface area contributed by atoms with Gasteiger partial charge >= 0.3 is 0 Å². The topological polar surface area (TPSA) is 79.0 Å². The Bertz CT molecular complexity index is 1250. The van der Waals surface area contributed by atoms with Gasteiger partial charge < -0.3 is 15.0 Å². The van der Waals surface area contributed by atoms with Gasteiger partial charge in [-0.3, -0.25) is 9.10 Å². The van der Waals surface area contributed by atoms with Crippen LogP contribution in [0.3, 0.4) is 0 Å². The van der Waals surface area contributed by atoms with Crippen molar-refractivity contribution in [3.05, 3.63) is 77.9 Å². The van der Waals surface area contributed by atoms with E-state index in [1.54, 1.807) is 18.2 Å². The Labute approximate surface area is 188 Å². The Balaban J connectivity index is 1.65. The zero-order valence-electron chi connectivity index (χ0n) is 18.2. The zero-order chi connectivity index (χ0) is 22.9. The van der Waals surface area contributed by atoms with Crippen molar-refractivity contribution >= 4 is 33.0 Å². The van der Waals surface area contributed by atoms with E-state index < -0.39 is 15.9 Å². The lowest BCUT2D eigenvalue weighted by Crippen LogP contribution is -2.29. The van der Waals surface area contributed by atoms with Gasteiger partial charge in [-0.15, -0.1) is 0 Å². The van der Waals surface area contributed by atoms with Crippen LogP contribution in [0.2, 0.25) is 0 Å². The number of sulfonamides is 1. The van der Waals surface area contributed by atoms with E-state index in [0.717, 1.165) is 11.3 Å². The average molecular weight is 452 g/mol. The first-order valence-corrected chi connectivity index (χ1v) is 11.6. The molecule has 4 rings (SSSR count). The average Bonchev–Trinajstić information content (AvgIpc) is 3.24. The fourth-order valence-electron chi connectivity index (χ4n) is 3.75. The molecule has 1 aliphatic heterocycles. The van der Waals surface area contributed by atoms with E-state index >= 15 is 0 Å². The van der Waals surface area contributed by atoms with E-state index in [4.69, 9.17) is 4.74 Å². The maximum Gasteiger partial charge on any atom is 0.264 e. The highest BCUT2D eigenvalue weighted by atomic mass is 32.2. The summed E-state index contributed by atoms with van der Waals surface area (Å²) in [5.41, 5.74) is 3.42. The van der Waals surface area contributed by atoms with Crippen LogP contribution < -0.4 is 19.3 Å². The number of carbonyl (C=O) groups excluding carboxylic acids is 1. The maximum atomic E-state index is 13.4. The number of amides is 1. The largest absolute Gasteiger partial charge is 0.496 e. The minimum atomic E-state index is -3.83. The molecular weight excluding hydrogens is 426 g/mol. The molecule has 3 aromatic carbocycles. The fourth-order valence-corrected chi connectivity index (χ4v) is 5.28. The van der Waals surface area contributed by atoms with Crippen LogP contribution in [0.25, 0.3) is 0 Å². The number of carbonyl (C=O) groups is 1. The van der Waals surface area contributed by atoms with E-state index in [0.29, 0.717) is 30.1 Å². The molecule has 0 spiro atoms. The van der Waals surface area contributed by atoms with Gasteiger partial charge in [0.1, 0.15) is 5.75 Å². The Hall–Kier alpha value is -3.52. The van der Waals surface area contributed by atoms with Crippen LogP contribution in [-0.4, -0.2) is 42.1 Å². The molecule has 3 aromatic rings. The highest BCUT2D eigenvalue weighted by Gasteiger charge is 2.31. The normalized spacial score (nSPS) is 12.9. The summed E-state index contributed by atoms with van der Waals surface area (Å²) in [5.74, 6) is -0.147. The van der Waals surface area contributed by atoms with E-state index in [1.807, 2.05) is 49.3 Å². The fraction of sp³-hybridized carbons (Fsp3) is 0.208. The molecule has 0 saturated carbocycles. The Morgan fingerprint density at radius 3 is 2.44 bits per heavy atom. The van der Waals surface area contributed by atoms with Gasteiger partial charge in [-0.25, -0.2) is 8.42 Å². The summed E-state index contributed by atoms with van der Waals surface area (Å²) in [6.45, 7) is 0.369. The van der Waals surface area contributed by atoms with Crippen molar-refractivity contribution in [1.82, 2.24) is 0 Å². The Morgan fingerprint density at radius 2 is 1.75 bits per heavy atom. The first kappa shape index (κ1) is 21.7. The van der Waals surface area contributed by atoms with Crippen LogP contribution in [-0.2, 0) is 16.4 Å². The van der Waals surface area contributed by atoms with Crippen molar-refractivity contribution in [2.24, 2.45) is 0 Å². The summed E-state index contributed by atoms with van der Waals surface area (Å²) in [7, 11) is 1.49. The molecule has 0 fully saturated rings. The Morgan fingerprint density at radius 1 is 1.03 bits per heavy atom. The number of fused-ring (bicyclic) bond motifs is 1. The van der Waals surface area contributed by atoms with Crippen molar-refractivity contribution in [2.75, 3.05) is 42.3 Å². The maximum absolute atomic E-state index is 13.4. The van der Waals surface area contributed by atoms with Crippen molar-refractivity contribution < 1.29 is 17.9 Å². The molecule has 0 aromatic heterocycles. The number of hydrogen-bond acceptors (Lipinski definition) is 5. The van der Waals surface area contributed by atoms with Crippen LogP contribution in [0, 0.1) is 0 Å². The Kier molecular flexibility index (Phi) is 5.80. The molecule has 32 heavy (non-hydrogen) atoms. The first-order valence-electron chi connectivity index (χ1n) is 10.2. The summed E-state index contributed by atoms with van der Waals surface area (Å²) in [6, 6.07) is 19.2. The predicted octanol–water partition coefficient (Wildman–Crippen LogP) is 3.76. The molecule has 0 unspecified atom stereocenters. The monoisotopic (exact) mass is 451 g/mol. The second-order valence-corrected chi connectivity index (χ2v) is 9.58. The summed E-state index contributed by atoms with van der Waals surface area (Å²) in [4.78, 5) is 15.0. The SMILES string of the molecule is COc1ccc(S(=O)(=O)N2CCc3ccccc32)cc1C(=O)Nc1ccc(N(C)C)cc1. The quantitative estimate of drug-likeness (QED) is 0.617. The third-order valence-electron chi connectivity index (χ3n) is 5.49. The highest BCUT2D eigenvalue weighted by Crippen LogP contribution is 2.34. The number of nitrogens with zero attached hydrogens (tertiary/aromatic N) is 2. The molecule has 7 nitrogen and oxygen atoms in total. The molecular formula is C24H25N3O4S. The van der Waals surface area contributed by atoms with Crippen LogP contribution in [0.4, 0.5) is 17.1 Å². The van der Waals surface area contributed by atoms with Crippen LogP contribution >= 0.6 is 0 Å². The van der Waals surface area contributed by atoms with Gasteiger partial charge in [-0.2, -0.15) is 0 Å². The number of nitrogens with one attached hydrogen (secondary N) is 1. The van der Waals surface area contributed by atoms with Gasteiger partial charge in [0.2, 0.25) is 0 Å². The second kappa shape index (κ2) is 8.55. The molecule has 166 valence electrons. The first-order chi connectivity index (χ1) is 15.3. The van der Waals surface area contributed by atoms with Crippen molar-refractivity contribution in [3.63, 3.8) is 0 Å². The van der Waals surface area contributed by atoms with E-state index in [9.17, 15) is 13.2 Å². The third kappa shape index (κ3) is 4.01. The van der Waals surface area contributed by atoms with Crippen LogP contribution in [0.5, 0.6) is 5.75 Å². The molecule has 0 aliphatic carbocycles. The summed E-state index contributed by atoms with van der Waals surface area (Å²) in [5, 5.41) is 2.82. The van der Waals surface area contributed by atoms with Crippen molar-refractivity contribution in [3.8, 4) is 5.75 Å². The summed E-state index contributed by atoms with van der Waals surface area (Å²) >= 11 is 0. The molecule has 1 heterocycles.